The zero-order valence-electron chi connectivity index (χ0n) is 11.2. The number of nitrogens with zero attached hydrogens (tertiary/aromatic N) is 1. The fourth-order valence-electron chi connectivity index (χ4n) is 2.73. The third kappa shape index (κ3) is 2.06. The number of fused-ring (bicyclic) bond motifs is 1. The lowest BCUT2D eigenvalue weighted by Crippen LogP contribution is -2.54. The molecule has 2 heterocycles. The molecule has 1 N–H and O–H groups in total. The van der Waals surface area contributed by atoms with Gasteiger partial charge in [0.15, 0.2) is 0 Å². The van der Waals surface area contributed by atoms with E-state index in [1.807, 2.05) is 0 Å². The fourth-order valence-corrected chi connectivity index (χ4v) is 3.28. The summed E-state index contributed by atoms with van der Waals surface area (Å²) < 4.78 is 13.8. The number of hydrogen-bond acceptors (Lipinski definition) is 4. The van der Waals surface area contributed by atoms with Crippen molar-refractivity contribution < 1.29 is 23.6 Å². The van der Waals surface area contributed by atoms with E-state index in [4.69, 9.17) is 0 Å². The van der Waals surface area contributed by atoms with Gasteiger partial charge in [0, 0.05) is 17.3 Å². The Labute approximate surface area is 132 Å². The first kappa shape index (κ1) is 14.8. The molecular formula is C14H10BrFN2O4. The van der Waals surface area contributed by atoms with Crippen LogP contribution >= 0.6 is 15.9 Å². The maximum Gasteiger partial charge on any atom is 0.262 e. The molecule has 8 heteroatoms. The van der Waals surface area contributed by atoms with Crippen LogP contribution in [0.1, 0.15) is 39.1 Å². The van der Waals surface area contributed by atoms with Gasteiger partial charge in [-0.2, -0.15) is 0 Å². The largest absolute Gasteiger partial charge is 0.295 e. The number of amides is 4. The van der Waals surface area contributed by atoms with Crippen LogP contribution in [0.2, 0.25) is 0 Å². The topological polar surface area (TPSA) is 83.6 Å². The van der Waals surface area contributed by atoms with Crippen LogP contribution in [0.25, 0.3) is 0 Å². The summed E-state index contributed by atoms with van der Waals surface area (Å²) in [7, 11) is 0. The zero-order valence-corrected chi connectivity index (χ0v) is 12.8. The van der Waals surface area contributed by atoms with Crippen molar-refractivity contribution in [3.8, 4) is 0 Å². The lowest BCUT2D eigenvalue weighted by molar-refractivity contribution is -0.136. The van der Waals surface area contributed by atoms with Crippen LogP contribution in [0.5, 0.6) is 0 Å². The molecule has 0 bridgehead atoms. The quantitative estimate of drug-likeness (QED) is 0.626. The molecule has 1 fully saturated rings. The van der Waals surface area contributed by atoms with Crippen LogP contribution in [0.3, 0.4) is 0 Å². The fraction of sp³-hybridized carbons (Fsp3) is 0.286. The number of benzene rings is 1. The molecule has 2 aliphatic rings. The smallest absolute Gasteiger partial charge is 0.262 e. The molecule has 114 valence electrons. The summed E-state index contributed by atoms with van der Waals surface area (Å²) in [5.41, 5.74) is 0.141. The summed E-state index contributed by atoms with van der Waals surface area (Å²) >= 11 is 3.10. The van der Waals surface area contributed by atoms with Crippen molar-refractivity contribution >= 4 is 39.6 Å². The van der Waals surface area contributed by atoms with Crippen molar-refractivity contribution in [2.24, 2.45) is 0 Å². The highest BCUT2D eigenvalue weighted by molar-refractivity contribution is 9.08. The second-order valence-electron chi connectivity index (χ2n) is 5.03. The molecule has 4 amide bonds. The molecule has 22 heavy (non-hydrogen) atoms. The zero-order chi connectivity index (χ0) is 16.0. The van der Waals surface area contributed by atoms with E-state index < -0.39 is 35.5 Å². The summed E-state index contributed by atoms with van der Waals surface area (Å²) in [6, 6.07) is 1.31. The average molecular weight is 369 g/mol. The Morgan fingerprint density at radius 2 is 1.95 bits per heavy atom. The summed E-state index contributed by atoms with van der Waals surface area (Å²) in [6.07, 6.45) is 0.117. The Morgan fingerprint density at radius 3 is 2.59 bits per heavy atom. The molecule has 1 saturated heterocycles. The Balaban J connectivity index is 2.04. The predicted molar refractivity (Wildman–Crippen MR) is 75.7 cm³/mol. The number of rotatable bonds is 2. The van der Waals surface area contributed by atoms with Crippen LogP contribution in [-0.4, -0.2) is 34.6 Å². The van der Waals surface area contributed by atoms with E-state index in [0.717, 1.165) is 11.0 Å². The molecule has 3 rings (SSSR count). The number of nitrogens with one attached hydrogen (secondary N) is 1. The second-order valence-corrected chi connectivity index (χ2v) is 5.59. The van der Waals surface area contributed by atoms with Crippen molar-refractivity contribution in [1.29, 1.82) is 0 Å². The van der Waals surface area contributed by atoms with Gasteiger partial charge in [-0.25, -0.2) is 4.39 Å². The lowest BCUT2D eigenvalue weighted by Gasteiger charge is -2.27. The highest BCUT2D eigenvalue weighted by Crippen LogP contribution is 2.32. The summed E-state index contributed by atoms with van der Waals surface area (Å²) in [5.74, 6) is -3.07. The Bertz CT molecular complexity index is 734. The molecule has 0 spiro atoms. The minimum Gasteiger partial charge on any atom is -0.295 e. The Kier molecular flexibility index (Phi) is 3.56. The SMILES string of the molecule is O=C1CCC(N2C(=O)c3ccc(F)c(CBr)c3C2=O)C(=O)N1. The number of imide groups is 2. The van der Waals surface area contributed by atoms with Crippen LogP contribution in [0.15, 0.2) is 12.1 Å². The first-order valence-corrected chi connectivity index (χ1v) is 7.66. The van der Waals surface area contributed by atoms with E-state index in [-0.39, 0.29) is 34.9 Å². The first-order valence-electron chi connectivity index (χ1n) is 6.54. The molecule has 0 saturated carbocycles. The number of alkyl halides is 1. The summed E-state index contributed by atoms with van der Waals surface area (Å²) in [5, 5.41) is 2.18. The summed E-state index contributed by atoms with van der Waals surface area (Å²) in [4.78, 5) is 48.8. The maximum absolute atomic E-state index is 13.8. The van der Waals surface area contributed by atoms with Gasteiger partial charge >= 0.3 is 0 Å². The van der Waals surface area contributed by atoms with Gasteiger partial charge in [-0.05, 0) is 18.6 Å². The maximum atomic E-state index is 13.8. The number of hydrogen-bond donors (Lipinski definition) is 1. The second kappa shape index (κ2) is 5.28. The van der Waals surface area contributed by atoms with Crippen LogP contribution in [-0.2, 0) is 14.9 Å². The van der Waals surface area contributed by atoms with Crippen molar-refractivity contribution in [3.05, 3.63) is 34.6 Å². The lowest BCUT2D eigenvalue weighted by atomic mass is 10.0. The Morgan fingerprint density at radius 1 is 1.23 bits per heavy atom. The standard InChI is InChI=1S/C14H10BrFN2O4/c15-5-7-8(16)2-1-6-11(7)14(22)18(13(6)21)9-3-4-10(19)17-12(9)20/h1-2,9H,3-5H2,(H,17,19,20). The van der Waals surface area contributed by atoms with Gasteiger partial charge in [0.25, 0.3) is 11.8 Å². The van der Waals surface area contributed by atoms with E-state index in [1.165, 1.54) is 6.07 Å². The minimum absolute atomic E-state index is 0.0217. The Hall–Kier alpha value is -2.09. The average Bonchev–Trinajstić information content (AvgIpc) is 2.72. The molecule has 1 unspecified atom stereocenters. The van der Waals surface area contributed by atoms with Crippen molar-refractivity contribution in [2.45, 2.75) is 24.2 Å². The highest BCUT2D eigenvalue weighted by atomic mass is 79.9. The number of carbonyl (C=O) groups is 4. The van der Waals surface area contributed by atoms with E-state index in [2.05, 4.69) is 21.2 Å². The van der Waals surface area contributed by atoms with Gasteiger partial charge < -0.3 is 0 Å². The molecule has 0 radical (unpaired) electrons. The molecule has 1 aromatic rings. The molecule has 1 aromatic carbocycles. The number of piperidine rings is 1. The van der Waals surface area contributed by atoms with Gasteiger partial charge in [0.1, 0.15) is 11.9 Å². The van der Waals surface area contributed by atoms with Crippen LogP contribution in [0.4, 0.5) is 4.39 Å². The van der Waals surface area contributed by atoms with E-state index >= 15 is 0 Å². The van der Waals surface area contributed by atoms with E-state index in [1.54, 1.807) is 0 Å². The monoisotopic (exact) mass is 368 g/mol. The van der Waals surface area contributed by atoms with E-state index in [0.29, 0.717) is 0 Å². The van der Waals surface area contributed by atoms with Crippen molar-refractivity contribution in [1.82, 2.24) is 10.2 Å². The number of halogens is 2. The predicted octanol–water partition coefficient (Wildman–Crippen LogP) is 1.12. The molecule has 0 aliphatic carbocycles. The van der Waals surface area contributed by atoms with Gasteiger partial charge in [0.05, 0.1) is 11.1 Å². The minimum atomic E-state index is -1.05. The molecule has 0 aromatic heterocycles. The van der Waals surface area contributed by atoms with Gasteiger partial charge in [-0.15, -0.1) is 0 Å². The van der Waals surface area contributed by atoms with Gasteiger partial charge in [-0.1, -0.05) is 15.9 Å². The summed E-state index contributed by atoms with van der Waals surface area (Å²) in [6.45, 7) is 0. The third-order valence-corrected chi connectivity index (χ3v) is 4.35. The third-order valence-electron chi connectivity index (χ3n) is 3.79. The van der Waals surface area contributed by atoms with E-state index in [9.17, 15) is 23.6 Å². The van der Waals surface area contributed by atoms with Gasteiger partial charge in [-0.3, -0.25) is 29.4 Å². The van der Waals surface area contributed by atoms with Crippen molar-refractivity contribution in [3.63, 3.8) is 0 Å². The van der Waals surface area contributed by atoms with Crippen LogP contribution in [0, 0.1) is 5.82 Å². The normalized spacial score (nSPS) is 21.2. The molecule has 2 aliphatic heterocycles. The first-order chi connectivity index (χ1) is 10.5. The van der Waals surface area contributed by atoms with Crippen molar-refractivity contribution in [2.75, 3.05) is 0 Å². The van der Waals surface area contributed by atoms with Gasteiger partial charge in [0.2, 0.25) is 11.8 Å². The molecule has 1 atom stereocenters. The van der Waals surface area contributed by atoms with Crippen LogP contribution < -0.4 is 5.32 Å². The number of carbonyl (C=O) groups excluding carboxylic acids is 4. The molecular weight excluding hydrogens is 359 g/mol. The highest BCUT2D eigenvalue weighted by Gasteiger charge is 2.45. The molecule has 6 nitrogen and oxygen atoms in total.